The number of hydrogen-bond acceptors (Lipinski definition) is 2. The average Bonchev–Trinajstić information content (AvgIpc) is 3.04. The highest BCUT2D eigenvalue weighted by Gasteiger charge is 2.45. The molecule has 28 heavy (non-hydrogen) atoms. The van der Waals surface area contributed by atoms with Gasteiger partial charge in [-0.2, -0.15) is 0 Å². The fraction of sp³-hybridized carbons (Fsp3) is 0.583. The molecule has 0 atom stereocenters. The molecule has 0 bridgehead atoms. The van der Waals surface area contributed by atoms with Crippen molar-refractivity contribution in [2.75, 3.05) is 6.54 Å². The normalized spacial score (nSPS) is 21.5. The van der Waals surface area contributed by atoms with Gasteiger partial charge >= 0.3 is 0 Å². The van der Waals surface area contributed by atoms with Gasteiger partial charge in [-0.25, -0.2) is 0 Å². The number of fused-ring (bicyclic) bond motifs is 3. The molecule has 1 fully saturated rings. The van der Waals surface area contributed by atoms with Crippen molar-refractivity contribution in [3.05, 3.63) is 35.0 Å². The van der Waals surface area contributed by atoms with E-state index in [1.807, 2.05) is 32.0 Å². The van der Waals surface area contributed by atoms with Crippen LogP contribution in [0.25, 0.3) is 10.9 Å². The molecule has 150 valence electrons. The van der Waals surface area contributed by atoms with Crippen molar-refractivity contribution in [2.45, 2.75) is 71.6 Å². The quantitative estimate of drug-likeness (QED) is 0.752. The van der Waals surface area contributed by atoms with E-state index in [0.717, 1.165) is 35.1 Å². The number of benzene rings is 1. The molecule has 2 aliphatic carbocycles. The second-order valence-corrected chi connectivity index (χ2v) is 10.1. The molecule has 4 rings (SSSR count). The Morgan fingerprint density at radius 1 is 1.11 bits per heavy atom. The number of aromatic amines is 1. The lowest BCUT2D eigenvalue weighted by molar-refractivity contribution is 0.0759. The number of ketones is 1. The highest BCUT2D eigenvalue weighted by molar-refractivity contribution is 6.08. The second-order valence-electron chi connectivity index (χ2n) is 10.1. The van der Waals surface area contributed by atoms with E-state index < -0.39 is 0 Å². The lowest BCUT2D eigenvalue weighted by atomic mass is 9.63. The molecule has 4 heteroatoms. The molecule has 0 spiro atoms. The Labute approximate surface area is 167 Å². The predicted molar refractivity (Wildman–Crippen MR) is 113 cm³/mol. The molecule has 2 N–H and O–H groups in total. The maximum atomic E-state index is 13.0. The minimum atomic E-state index is -0.377. The molecule has 1 heterocycles. The fourth-order valence-corrected chi connectivity index (χ4v) is 5.55. The van der Waals surface area contributed by atoms with Crippen LogP contribution in [0.2, 0.25) is 0 Å². The van der Waals surface area contributed by atoms with Crippen LogP contribution < -0.4 is 5.32 Å². The third-order valence-corrected chi connectivity index (χ3v) is 6.74. The van der Waals surface area contributed by atoms with Crippen molar-refractivity contribution in [1.29, 1.82) is 0 Å². The van der Waals surface area contributed by atoms with Crippen molar-refractivity contribution in [1.82, 2.24) is 10.3 Å². The smallest absolute Gasteiger partial charge is 0.251 e. The largest absolute Gasteiger partial charge is 0.352 e. The number of nitrogens with one attached hydrogen (secondary N) is 2. The first-order valence-electron chi connectivity index (χ1n) is 10.7. The minimum absolute atomic E-state index is 0.0114. The molecule has 1 aromatic carbocycles. The molecule has 1 amide bonds. The summed E-state index contributed by atoms with van der Waals surface area (Å²) >= 11 is 0. The van der Waals surface area contributed by atoms with Crippen LogP contribution in [-0.2, 0) is 5.41 Å². The summed E-state index contributed by atoms with van der Waals surface area (Å²) in [4.78, 5) is 29.1. The molecule has 0 radical (unpaired) electrons. The minimum Gasteiger partial charge on any atom is -0.352 e. The maximum Gasteiger partial charge on any atom is 0.251 e. The van der Waals surface area contributed by atoms with Crippen LogP contribution in [0.5, 0.6) is 0 Å². The molecule has 4 nitrogen and oxygen atoms in total. The van der Waals surface area contributed by atoms with Gasteiger partial charge in [0.1, 0.15) is 0 Å². The van der Waals surface area contributed by atoms with Gasteiger partial charge in [0, 0.05) is 28.4 Å². The summed E-state index contributed by atoms with van der Waals surface area (Å²) in [5.74, 6) is 0.768. The average molecular weight is 381 g/mol. The molecule has 0 saturated heterocycles. The van der Waals surface area contributed by atoms with Crippen LogP contribution in [0.15, 0.2) is 18.2 Å². The van der Waals surface area contributed by atoms with Crippen molar-refractivity contribution in [3.63, 3.8) is 0 Å². The van der Waals surface area contributed by atoms with E-state index in [1.165, 1.54) is 32.1 Å². The van der Waals surface area contributed by atoms with E-state index in [0.29, 0.717) is 11.5 Å². The molecular formula is C24H32N2O2. The SMILES string of the molecule is CC1(C)CC(C)(C)c2c([nH]c3ccc(C(=O)NCC4CCCCC4)cc23)C1=O. The third-order valence-electron chi connectivity index (χ3n) is 6.74. The lowest BCUT2D eigenvalue weighted by Gasteiger charge is -2.39. The first-order valence-corrected chi connectivity index (χ1v) is 10.7. The van der Waals surface area contributed by atoms with Crippen molar-refractivity contribution in [2.24, 2.45) is 11.3 Å². The summed E-state index contributed by atoms with van der Waals surface area (Å²) in [5.41, 5.74) is 2.90. The van der Waals surface area contributed by atoms with E-state index in [9.17, 15) is 9.59 Å². The number of Topliss-reactive ketones (excluding diaryl/α,β-unsaturated/α-hetero) is 1. The highest BCUT2D eigenvalue weighted by Crippen LogP contribution is 2.48. The first kappa shape index (κ1) is 19.2. The Bertz CT molecular complexity index is 929. The molecule has 2 aliphatic rings. The summed E-state index contributed by atoms with van der Waals surface area (Å²) < 4.78 is 0. The number of hydrogen-bond donors (Lipinski definition) is 2. The zero-order valence-corrected chi connectivity index (χ0v) is 17.6. The van der Waals surface area contributed by atoms with Gasteiger partial charge in [0.2, 0.25) is 0 Å². The maximum absolute atomic E-state index is 13.0. The number of H-pyrrole nitrogens is 1. The Balaban J connectivity index is 1.64. The Morgan fingerprint density at radius 3 is 2.54 bits per heavy atom. The van der Waals surface area contributed by atoms with Gasteiger partial charge in [-0.3, -0.25) is 9.59 Å². The summed E-state index contributed by atoms with van der Waals surface area (Å²) in [6, 6.07) is 5.77. The van der Waals surface area contributed by atoms with Crippen LogP contribution in [0.4, 0.5) is 0 Å². The van der Waals surface area contributed by atoms with Gasteiger partial charge in [0.15, 0.2) is 5.78 Å². The van der Waals surface area contributed by atoms with Gasteiger partial charge in [-0.05, 0) is 54.4 Å². The Morgan fingerprint density at radius 2 is 1.82 bits per heavy atom. The lowest BCUT2D eigenvalue weighted by Crippen LogP contribution is -2.39. The van der Waals surface area contributed by atoms with E-state index in [4.69, 9.17) is 0 Å². The second kappa shape index (κ2) is 6.75. The monoisotopic (exact) mass is 380 g/mol. The van der Waals surface area contributed by atoms with Gasteiger partial charge in [-0.1, -0.05) is 47.0 Å². The summed E-state index contributed by atoms with van der Waals surface area (Å²) in [6.45, 7) is 9.21. The number of amides is 1. The van der Waals surface area contributed by atoms with Crippen LogP contribution in [0.3, 0.4) is 0 Å². The van der Waals surface area contributed by atoms with Crippen molar-refractivity contribution < 1.29 is 9.59 Å². The zero-order valence-electron chi connectivity index (χ0n) is 17.6. The van der Waals surface area contributed by atoms with Crippen LogP contribution in [0.1, 0.15) is 92.6 Å². The van der Waals surface area contributed by atoms with Gasteiger partial charge in [0.25, 0.3) is 5.91 Å². The van der Waals surface area contributed by atoms with E-state index in [1.54, 1.807) is 0 Å². The number of carbonyl (C=O) groups is 2. The van der Waals surface area contributed by atoms with E-state index in [-0.39, 0.29) is 22.5 Å². The molecule has 1 aromatic heterocycles. The fourth-order valence-electron chi connectivity index (χ4n) is 5.55. The van der Waals surface area contributed by atoms with E-state index in [2.05, 4.69) is 24.1 Å². The Hall–Kier alpha value is -2.10. The zero-order chi connectivity index (χ0) is 20.1. The summed E-state index contributed by atoms with van der Waals surface area (Å²) in [5, 5.41) is 4.14. The molecule has 0 unspecified atom stereocenters. The van der Waals surface area contributed by atoms with Gasteiger partial charge in [-0.15, -0.1) is 0 Å². The summed E-state index contributed by atoms with van der Waals surface area (Å²) in [6.07, 6.45) is 7.12. The molecule has 2 aromatic rings. The standard InChI is InChI=1S/C24H32N2O2/c1-23(2)14-24(3,4)21(27)20-19(23)17-12-16(10-11-18(17)26-20)22(28)25-13-15-8-6-5-7-9-15/h10-12,15,26H,5-9,13-14H2,1-4H3,(H,25,28). The van der Waals surface area contributed by atoms with Crippen LogP contribution >= 0.6 is 0 Å². The van der Waals surface area contributed by atoms with Gasteiger partial charge < -0.3 is 10.3 Å². The molecule has 0 aliphatic heterocycles. The number of aromatic nitrogens is 1. The highest BCUT2D eigenvalue weighted by atomic mass is 16.1. The van der Waals surface area contributed by atoms with Crippen molar-refractivity contribution in [3.8, 4) is 0 Å². The molecular weight excluding hydrogens is 348 g/mol. The molecule has 1 saturated carbocycles. The van der Waals surface area contributed by atoms with Gasteiger partial charge in [0.05, 0.1) is 5.69 Å². The summed E-state index contributed by atoms with van der Waals surface area (Å²) in [7, 11) is 0. The van der Waals surface area contributed by atoms with Crippen LogP contribution in [0, 0.1) is 11.3 Å². The Kier molecular flexibility index (Phi) is 4.64. The number of rotatable bonds is 3. The number of carbonyl (C=O) groups excluding carboxylic acids is 2. The first-order chi connectivity index (χ1) is 13.2. The van der Waals surface area contributed by atoms with Crippen molar-refractivity contribution >= 4 is 22.6 Å². The van der Waals surface area contributed by atoms with Crippen LogP contribution in [-0.4, -0.2) is 23.2 Å². The predicted octanol–water partition coefficient (Wildman–Crippen LogP) is 5.37. The topological polar surface area (TPSA) is 62.0 Å². The van der Waals surface area contributed by atoms with E-state index >= 15 is 0 Å². The third kappa shape index (κ3) is 3.27.